The van der Waals surface area contributed by atoms with E-state index in [9.17, 15) is 26.3 Å². The molecule has 1 heterocycles. The van der Waals surface area contributed by atoms with Gasteiger partial charge in [-0.05, 0) is 12.1 Å². The lowest BCUT2D eigenvalue weighted by Gasteiger charge is -2.28. The molecule has 1 aliphatic rings. The maximum absolute atomic E-state index is 13.2. The summed E-state index contributed by atoms with van der Waals surface area (Å²) >= 11 is 0. The van der Waals surface area contributed by atoms with Crippen molar-refractivity contribution >= 4 is 12.4 Å². The normalized spacial score (nSPS) is 19.2. The Labute approximate surface area is 134 Å². The van der Waals surface area contributed by atoms with Gasteiger partial charge in [0.15, 0.2) is 0 Å². The third-order valence-corrected chi connectivity index (χ3v) is 3.26. The van der Waals surface area contributed by atoms with Gasteiger partial charge in [0.05, 0.1) is 37.5 Å². The number of benzene rings is 1. The van der Waals surface area contributed by atoms with Gasteiger partial charge in [0.2, 0.25) is 0 Å². The molecule has 0 spiro atoms. The van der Waals surface area contributed by atoms with Gasteiger partial charge in [-0.15, -0.1) is 12.4 Å². The molecule has 1 atom stereocenters. The standard InChI is InChI=1S/C13H13F6NO2.ClH/c1-21-10-5-7(12(14,15)16)4-8(13(17,18)19)11(10)9-6-22-3-2-20-9;/h4-5,9,20H,2-3,6H2,1H3;1H/t9-;/m1./s1. The third-order valence-electron chi connectivity index (χ3n) is 3.26. The van der Waals surface area contributed by atoms with E-state index < -0.39 is 35.3 Å². The molecule has 2 rings (SSSR count). The third kappa shape index (κ3) is 4.42. The SMILES string of the molecule is COc1cc(C(F)(F)F)cc(C(F)(F)F)c1[C@H]1COCCN1.Cl. The maximum atomic E-state index is 13.2. The van der Waals surface area contributed by atoms with E-state index in [0.29, 0.717) is 19.2 Å². The molecule has 1 aromatic rings. The van der Waals surface area contributed by atoms with E-state index in [4.69, 9.17) is 9.47 Å². The van der Waals surface area contributed by atoms with Crippen LogP contribution in [-0.2, 0) is 17.1 Å². The number of methoxy groups -OCH3 is 1. The van der Waals surface area contributed by atoms with Crippen molar-refractivity contribution in [1.29, 1.82) is 0 Å². The van der Waals surface area contributed by atoms with Crippen LogP contribution in [0.15, 0.2) is 12.1 Å². The molecule has 10 heteroatoms. The molecule has 1 aromatic carbocycles. The molecule has 0 aliphatic carbocycles. The fourth-order valence-electron chi connectivity index (χ4n) is 2.30. The van der Waals surface area contributed by atoms with Gasteiger partial charge in [0, 0.05) is 12.1 Å². The number of morpholine rings is 1. The minimum atomic E-state index is -4.94. The molecule has 0 aromatic heterocycles. The second-order valence-corrected chi connectivity index (χ2v) is 4.72. The monoisotopic (exact) mass is 365 g/mol. The Hall–Kier alpha value is -1.19. The summed E-state index contributed by atoms with van der Waals surface area (Å²) in [6.07, 6.45) is -9.84. The number of hydrogen-bond acceptors (Lipinski definition) is 3. The van der Waals surface area contributed by atoms with Crippen LogP contribution in [0.4, 0.5) is 26.3 Å². The van der Waals surface area contributed by atoms with Gasteiger partial charge in [-0.2, -0.15) is 26.3 Å². The van der Waals surface area contributed by atoms with Crippen molar-refractivity contribution in [2.45, 2.75) is 18.4 Å². The quantitative estimate of drug-likeness (QED) is 0.808. The zero-order chi connectivity index (χ0) is 16.5. The summed E-state index contributed by atoms with van der Waals surface area (Å²) in [5.74, 6) is -0.467. The molecular formula is C13H14ClF6NO2. The molecular weight excluding hydrogens is 352 g/mol. The lowest BCUT2D eigenvalue weighted by molar-refractivity contribution is -0.144. The zero-order valence-corrected chi connectivity index (χ0v) is 12.7. The fourth-order valence-corrected chi connectivity index (χ4v) is 2.30. The van der Waals surface area contributed by atoms with E-state index in [1.807, 2.05) is 0 Å². The van der Waals surface area contributed by atoms with Gasteiger partial charge in [-0.25, -0.2) is 0 Å². The van der Waals surface area contributed by atoms with Crippen molar-refractivity contribution in [1.82, 2.24) is 5.32 Å². The van der Waals surface area contributed by atoms with E-state index in [-0.39, 0.29) is 30.6 Å². The van der Waals surface area contributed by atoms with Crippen LogP contribution in [0.3, 0.4) is 0 Å². The molecule has 0 amide bonds. The number of hydrogen-bond donors (Lipinski definition) is 1. The highest BCUT2D eigenvalue weighted by Crippen LogP contribution is 2.43. The molecule has 23 heavy (non-hydrogen) atoms. The Morgan fingerprint density at radius 1 is 1.13 bits per heavy atom. The highest BCUT2D eigenvalue weighted by Gasteiger charge is 2.41. The van der Waals surface area contributed by atoms with Gasteiger partial charge < -0.3 is 14.8 Å². The van der Waals surface area contributed by atoms with Crippen LogP contribution in [0, 0.1) is 0 Å². The first-order valence-electron chi connectivity index (χ1n) is 6.32. The lowest BCUT2D eigenvalue weighted by atomic mass is 9.95. The molecule has 3 nitrogen and oxygen atoms in total. The smallest absolute Gasteiger partial charge is 0.416 e. The first kappa shape index (κ1) is 19.9. The van der Waals surface area contributed by atoms with Crippen LogP contribution in [0.25, 0.3) is 0 Å². The molecule has 0 radical (unpaired) electrons. The topological polar surface area (TPSA) is 30.5 Å². The summed E-state index contributed by atoms with van der Waals surface area (Å²) in [6, 6.07) is -0.211. The van der Waals surface area contributed by atoms with E-state index in [0.717, 1.165) is 7.11 Å². The second-order valence-electron chi connectivity index (χ2n) is 4.72. The lowest BCUT2D eigenvalue weighted by Crippen LogP contribution is -2.36. The second kappa shape index (κ2) is 7.14. The van der Waals surface area contributed by atoms with Crippen molar-refractivity contribution < 1.29 is 35.8 Å². The first-order chi connectivity index (χ1) is 10.1. The maximum Gasteiger partial charge on any atom is 0.416 e. The van der Waals surface area contributed by atoms with Crippen molar-refractivity contribution in [3.63, 3.8) is 0 Å². The van der Waals surface area contributed by atoms with Crippen molar-refractivity contribution in [3.05, 3.63) is 28.8 Å². The van der Waals surface area contributed by atoms with Crippen molar-refractivity contribution in [3.8, 4) is 5.75 Å². The summed E-state index contributed by atoms with van der Waals surface area (Å²) in [5.41, 5.74) is -3.15. The zero-order valence-electron chi connectivity index (χ0n) is 11.8. The number of ether oxygens (including phenoxy) is 2. The van der Waals surface area contributed by atoms with Crippen LogP contribution in [-0.4, -0.2) is 26.9 Å². The minimum Gasteiger partial charge on any atom is -0.496 e. The Balaban J connectivity index is 0.00000264. The Kier molecular flexibility index (Phi) is 6.17. The van der Waals surface area contributed by atoms with Gasteiger partial charge in [0.1, 0.15) is 5.75 Å². The first-order valence-corrected chi connectivity index (χ1v) is 6.32. The number of halogens is 7. The van der Waals surface area contributed by atoms with Crippen LogP contribution in [0.1, 0.15) is 22.7 Å². The molecule has 0 saturated carbocycles. The number of alkyl halides is 6. The Morgan fingerprint density at radius 2 is 1.78 bits per heavy atom. The highest BCUT2D eigenvalue weighted by molar-refractivity contribution is 5.85. The van der Waals surface area contributed by atoms with Crippen LogP contribution < -0.4 is 10.1 Å². The Bertz CT molecular complexity index is 540. The van der Waals surface area contributed by atoms with E-state index in [1.165, 1.54) is 0 Å². The van der Waals surface area contributed by atoms with Gasteiger partial charge in [-0.3, -0.25) is 0 Å². The molecule has 1 aliphatic heterocycles. The highest BCUT2D eigenvalue weighted by atomic mass is 35.5. The van der Waals surface area contributed by atoms with Gasteiger partial charge in [-0.1, -0.05) is 0 Å². The molecule has 0 bridgehead atoms. The fraction of sp³-hybridized carbons (Fsp3) is 0.538. The summed E-state index contributed by atoms with van der Waals surface area (Å²) in [5, 5.41) is 2.79. The van der Waals surface area contributed by atoms with Crippen molar-refractivity contribution in [2.24, 2.45) is 0 Å². The molecule has 0 unspecified atom stereocenters. The van der Waals surface area contributed by atoms with Crippen LogP contribution >= 0.6 is 12.4 Å². The van der Waals surface area contributed by atoms with E-state index in [1.54, 1.807) is 0 Å². The summed E-state index contributed by atoms with van der Waals surface area (Å²) in [7, 11) is 1.03. The van der Waals surface area contributed by atoms with Gasteiger partial charge >= 0.3 is 12.4 Å². The predicted octanol–water partition coefficient (Wildman–Crippen LogP) is 3.82. The molecule has 1 saturated heterocycles. The van der Waals surface area contributed by atoms with E-state index in [2.05, 4.69) is 5.32 Å². The minimum absolute atomic E-state index is 0. The van der Waals surface area contributed by atoms with Gasteiger partial charge in [0.25, 0.3) is 0 Å². The molecule has 132 valence electrons. The van der Waals surface area contributed by atoms with Crippen LogP contribution in [0.2, 0.25) is 0 Å². The average Bonchev–Trinajstić information content (AvgIpc) is 2.44. The average molecular weight is 366 g/mol. The molecule has 1 N–H and O–H groups in total. The molecule has 1 fully saturated rings. The summed E-state index contributed by atoms with van der Waals surface area (Å²) < 4.78 is 87.8. The number of rotatable bonds is 2. The Morgan fingerprint density at radius 3 is 2.22 bits per heavy atom. The van der Waals surface area contributed by atoms with E-state index >= 15 is 0 Å². The predicted molar refractivity (Wildman–Crippen MR) is 71.8 cm³/mol. The largest absolute Gasteiger partial charge is 0.496 e. The van der Waals surface area contributed by atoms with Crippen LogP contribution in [0.5, 0.6) is 5.75 Å². The summed E-state index contributed by atoms with van der Waals surface area (Å²) in [6.45, 7) is 0.539. The summed E-state index contributed by atoms with van der Waals surface area (Å²) in [4.78, 5) is 0. The van der Waals surface area contributed by atoms with Crippen molar-refractivity contribution in [2.75, 3.05) is 26.9 Å². The number of nitrogens with one attached hydrogen (secondary N) is 1.